The molecule has 0 spiro atoms. The topological polar surface area (TPSA) is 87.5 Å². The maximum Gasteiger partial charge on any atom is 0.234 e. The van der Waals surface area contributed by atoms with Gasteiger partial charge in [-0.3, -0.25) is 4.79 Å². The SMILES string of the molecule is COc1ccc(NC(=O)CSc2nnc(COc3ccc(F)cc3F)n2C[C@@H]2CCCO2)cc1. The lowest BCUT2D eigenvalue weighted by molar-refractivity contribution is -0.113. The van der Waals surface area contributed by atoms with Crippen LogP contribution < -0.4 is 14.8 Å². The summed E-state index contributed by atoms with van der Waals surface area (Å²) in [5, 5.41) is 11.7. The molecule has 0 aliphatic carbocycles. The summed E-state index contributed by atoms with van der Waals surface area (Å²) in [5.41, 5.74) is 0.655. The number of benzene rings is 2. The van der Waals surface area contributed by atoms with E-state index in [1.807, 2.05) is 4.57 Å². The summed E-state index contributed by atoms with van der Waals surface area (Å²) < 4.78 is 45.3. The Morgan fingerprint density at radius 2 is 2.06 bits per heavy atom. The minimum atomic E-state index is -0.796. The molecule has 1 amide bonds. The number of hydrogen-bond acceptors (Lipinski definition) is 7. The monoisotopic (exact) mass is 490 g/mol. The van der Waals surface area contributed by atoms with Gasteiger partial charge >= 0.3 is 0 Å². The number of methoxy groups -OCH3 is 1. The third kappa shape index (κ3) is 6.23. The Kier molecular flexibility index (Phi) is 7.96. The van der Waals surface area contributed by atoms with Crippen LogP contribution in [0.1, 0.15) is 18.7 Å². The van der Waals surface area contributed by atoms with E-state index in [-0.39, 0.29) is 30.1 Å². The lowest BCUT2D eigenvalue weighted by Gasteiger charge is -2.15. The van der Waals surface area contributed by atoms with Crippen LogP contribution in [-0.2, 0) is 22.7 Å². The van der Waals surface area contributed by atoms with Gasteiger partial charge in [0.05, 0.1) is 25.5 Å². The molecule has 2 aromatic carbocycles. The fraction of sp³-hybridized carbons (Fsp3) is 0.348. The van der Waals surface area contributed by atoms with Gasteiger partial charge in [-0.25, -0.2) is 8.78 Å². The molecule has 1 atom stereocenters. The van der Waals surface area contributed by atoms with E-state index in [0.29, 0.717) is 35.6 Å². The number of nitrogens with zero attached hydrogens (tertiary/aromatic N) is 3. The van der Waals surface area contributed by atoms with Crippen LogP contribution in [0.2, 0.25) is 0 Å². The Bertz CT molecular complexity index is 1120. The smallest absolute Gasteiger partial charge is 0.234 e. The zero-order valence-corrected chi connectivity index (χ0v) is 19.3. The normalized spacial score (nSPS) is 15.3. The summed E-state index contributed by atoms with van der Waals surface area (Å²) in [5.74, 6) is -0.493. The van der Waals surface area contributed by atoms with Crippen molar-refractivity contribution in [1.29, 1.82) is 0 Å². The second kappa shape index (κ2) is 11.3. The Balaban J connectivity index is 1.41. The van der Waals surface area contributed by atoms with Crippen molar-refractivity contribution in [3.05, 3.63) is 59.9 Å². The van der Waals surface area contributed by atoms with E-state index in [0.717, 1.165) is 25.0 Å². The van der Waals surface area contributed by atoms with E-state index >= 15 is 0 Å². The van der Waals surface area contributed by atoms with Crippen molar-refractivity contribution in [3.63, 3.8) is 0 Å². The van der Waals surface area contributed by atoms with Crippen LogP contribution in [0, 0.1) is 11.6 Å². The van der Waals surface area contributed by atoms with Crippen molar-refractivity contribution in [1.82, 2.24) is 14.8 Å². The van der Waals surface area contributed by atoms with Gasteiger partial charge in [-0.05, 0) is 49.2 Å². The number of thioether (sulfide) groups is 1. The van der Waals surface area contributed by atoms with E-state index in [1.54, 1.807) is 31.4 Å². The molecular formula is C23H24F2N4O4S. The van der Waals surface area contributed by atoms with E-state index in [2.05, 4.69) is 15.5 Å². The average Bonchev–Trinajstić information content (AvgIpc) is 3.48. The summed E-state index contributed by atoms with van der Waals surface area (Å²) in [6, 6.07) is 10.1. The molecule has 2 heterocycles. The summed E-state index contributed by atoms with van der Waals surface area (Å²) in [6.45, 7) is 1.10. The second-order valence-electron chi connectivity index (χ2n) is 7.57. The Morgan fingerprint density at radius 1 is 1.24 bits per heavy atom. The van der Waals surface area contributed by atoms with E-state index in [4.69, 9.17) is 14.2 Å². The van der Waals surface area contributed by atoms with Crippen LogP contribution >= 0.6 is 11.8 Å². The minimum absolute atomic E-state index is 0.00946. The van der Waals surface area contributed by atoms with Crippen molar-refractivity contribution in [2.75, 3.05) is 24.8 Å². The molecule has 1 saturated heterocycles. The second-order valence-corrected chi connectivity index (χ2v) is 8.52. The number of amides is 1. The van der Waals surface area contributed by atoms with Gasteiger partial charge in [0.25, 0.3) is 0 Å². The van der Waals surface area contributed by atoms with Gasteiger partial charge in [0.15, 0.2) is 22.5 Å². The molecule has 0 saturated carbocycles. The zero-order chi connectivity index (χ0) is 23.9. The first-order valence-electron chi connectivity index (χ1n) is 10.7. The highest BCUT2D eigenvalue weighted by Gasteiger charge is 2.22. The molecule has 34 heavy (non-hydrogen) atoms. The quantitative estimate of drug-likeness (QED) is 0.429. The fourth-order valence-corrected chi connectivity index (χ4v) is 4.21. The number of aromatic nitrogens is 3. The maximum absolute atomic E-state index is 13.9. The molecule has 1 aliphatic heterocycles. The van der Waals surface area contributed by atoms with Crippen molar-refractivity contribution in [2.24, 2.45) is 0 Å². The van der Waals surface area contributed by atoms with Crippen molar-refractivity contribution >= 4 is 23.4 Å². The molecular weight excluding hydrogens is 466 g/mol. The molecule has 0 bridgehead atoms. The summed E-state index contributed by atoms with van der Waals surface area (Å²) in [6.07, 6.45) is 1.85. The highest BCUT2D eigenvalue weighted by atomic mass is 32.2. The largest absolute Gasteiger partial charge is 0.497 e. The van der Waals surface area contributed by atoms with Gasteiger partial charge < -0.3 is 24.1 Å². The Hall–Kier alpha value is -3.18. The van der Waals surface area contributed by atoms with Gasteiger partial charge in [0.1, 0.15) is 18.2 Å². The number of carbonyl (C=O) groups is 1. The van der Waals surface area contributed by atoms with E-state index in [1.165, 1.54) is 17.8 Å². The van der Waals surface area contributed by atoms with Crippen molar-refractivity contribution < 1.29 is 27.8 Å². The van der Waals surface area contributed by atoms with Gasteiger partial charge in [0.2, 0.25) is 5.91 Å². The summed E-state index contributed by atoms with van der Waals surface area (Å²) >= 11 is 1.23. The van der Waals surface area contributed by atoms with Gasteiger partial charge in [-0.1, -0.05) is 11.8 Å². The molecule has 8 nitrogen and oxygen atoms in total. The van der Waals surface area contributed by atoms with E-state index in [9.17, 15) is 13.6 Å². The molecule has 1 aliphatic rings. The fourth-order valence-electron chi connectivity index (χ4n) is 3.44. The predicted octanol–water partition coefficient (Wildman–Crippen LogP) is 4.05. The molecule has 1 N–H and O–H groups in total. The molecule has 4 rings (SSSR count). The average molecular weight is 491 g/mol. The van der Waals surface area contributed by atoms with Crippen LogP contribution in [0.4, 0.5) is 14.5 Å². The number of ether oxygens (including phenoxy) is 3. The first-order valence-corrected chi connectivity index (χ1v) is 11.7. The van der Waals surface area contributed by atoms with Crippen LogP contribution in [0.5, 0.6) is 11.5 Å². The zero-order valence-electron chi connectivity index (χ0n) is 18.5. The molecule has 3 aromatic rings. The first kappa shape index (κ1) is 24.0. The van der Waals surface area contributed by atoms with Crippen LogP contribution in [0.3, 0.4) is 0 Å². The number of carbonyl (C=O) groups excluding carboxylic acids is 1. The molecule has 0 unspecified atom stereocenters. The minimum Gasteiger partial charge on any atom is -0.497 e. The number of nitrogens with one attached hydrogen (secondary N) is 1. The number of anilines is 1. The maximum atomic E-state index is 13.9. The highest BCUT2D eigenvalue weighted by molar-refractivity contribution is 7.99. The number of halogens is 2. The Labute approximate surface area is 199 Å². The van der Waals surface area contributed by atoms with E-state index < -0.39 is 11.6 Å². The molecule has 1 fully saturated rings. The van der Waals surface area contributed by atoms with Crippen LogP contribution in [0.15, 0.2) is 47.6 Å². The predicted molar refractivity (Wildman–Crippen MR) is 122 cm³/mol. The third-order valence-corrected chi connectivity index (χ3v) is 6.13. The molecule has 1 aromatic heterocycles. The number of hydrogen-bond donors (Lipinski definition) is 1. The summed E-state index contributed by atoms with van der Waals surface area (Å²) in [7, 11) is 1.58. The van der Waals surface area contributed by atoms with Crippen LogP contribution in [0.25, 0.3) is 0 Å². The van der Waals surface area contributed by atoms with Gasteiger partial charge in [-0.2, -0.15) is 0 Å². The van der Waals surface area contributed by atoms with Gasteiger partial charge in [0, 0.05) is 18.4 Å². The first-order chi connectivity index (χ1) is 16.5. The number of rotatable bonds is 10. The van der Waals surface area contributed by atoms with Crippen molar-refractivity contribution in [3.8, 4) is 11.5 Å². The Morgan fingerprint density at radius 3 is 2.76 bits per heavy atom. The lowest BCUT2D eigenvalue weighted by atomic mass is 10.2. The van der Waals surface area contributed by atoms with Crippen molar-refractivity contribution in [2.45, 2.75) is 37.3 Å². The third-order valence-electron chi connectivity index (χ3n) is 5.16. The molecule has 11 heteroatoms. The standard InChI is InChI=1S/C23H24F2N4O4S/c1-31-17-7-5-16(6-8-17)26-22(30)14-34-23-28-27-21(29(23)12-18-3-2-10-32-18)13-33-20-9-4-15(24)11-19(20)25/h4-9,11,18H,2-3,10,12-14H2,1H3,(H,26,30)/t18-/m0/s1. The highest BCUT2D eigenvalue weighted by Crippen LogP contribution is 2.24. The van der Waals surface area contributed by atoms with Gasteiger partial charge in [-0.15, -0.1) is 10.2 Å². The van der Waals surface area contributed by atoms with Crippen LogP contribution in [-0.4, -0.2) is 46.2 Å². The summed E-state index contributed by atoms with van der Waals surface area (Å²) in [4.78, 5) is 12.4. The molecule has 180 valence electrons. The molecule has 0 radical (unpaired) electrons. The lowest BCUT2D eigenvalue weighted by Crippen LogP contribution is -2.19.